The zero-order chi connectivity index (χ0) is 23.2. The molecule has 2 heterocycles. The molecule has 0 aliphatic heterocycles. The van der Waals surface area contributed by atoms with Crippen LogP contribution < -0.4 is 10.9 Å². The van der Waals surface area contributed by atoms with Crippen LogP contribution >= 0.6 is 23.1 Å². The number of amides is 1. The van der Waals surface area contributed by atoms with Crippen LogP contribution in [0.25, 0.3) is 10.2 Å². The second kappa shape index (κ2) is 11.0. The molecule has 1 aliphatic carbocycles. The van der Waals surface area contributed by atoms with Gasteiger partial charge in [-0.05, 0) is 43.7 Å². The van der Waals surface area contributed by atoms with E-state index in [4.69, 9.17) is 9.72 Å². The van der Waals surface area contributed by atoms with Gasteiger partial charge >= 0.3 is 5.97 Å². The Morgan fingerprint density at radius 3 is 2.85 bits per heavy atom. The molecule has 0 unspecified atom stereocenters. The topological polar surface area (TPSA) is 90.3 Å². The van der Waals surface area contributed by atoms with Crippen LogP contribution in [-0.4, -0.2) is 40.3 Å². The normalized spacial score (nSPS) is 12.6. The largest absolute Gasteiger partial charge is 0.466 e. The molecule has 3 aromatic rings. The van der Waals surface area contributed by atoms with E-state index < -0.39 is 0 Å². The van der Waals surface area contributed by atoms with Gasteiger partial charge in [0.15, 0.2) is 5.16 Å². The molecule has 4 rings (SSSR count). The van der Waals surface area contributed by atoms with Gasteiger partial charge < -0.3 is 10.1 Å². The molecule has 0 bridgehead atoms. The van der Waals surface area contributed by atoms with E-state index in [1.54, 1.807) is 22.8 Å². The van der Waals surface area contributed by atoms with Crippen molar-refractivity contribution in [2.75, 3.05) is 18.9 Å². The van der Waals surface area contributed by atoms with E-state index in [1.807, 2.05) is 30.3 Å². The van der Waals surface area contributed by atoms with E-state index in [-0.39, 0.29) is 29.6 Å². The molecule has 9 heteroatoms. The van der Waals surface area contributed by atoms with Crippen molar-refractivity contribution in [3.8, 4) is 0 Å². The van der Waals surface area contributed by atoms with Gasteiger partial charge in [-0.25, -0.2) is 4.98 Å². The number of carbonyl (C=O) groups excluding carboxylic acids is 2. The molecular formula is C24H27N3O4S2. The second-order valence-electron chi connectivity index (χ2n) is 7.86. The number of nitrogens with one attached hydrogen (secondary N) is 1. The number of ether oxygens (including phenoxy) is 1. The molecule has 174 valence electrons. The van der Waals surface area contributed by atoms with Crippen molar-refractivity contribution in [1.82, 2.24) is 14.9 Å². The number of carbonyl (C=O) groups is 2. The first kappa shape index (κ1) is 23.5. The van der Waals surface area contributed by atoms with E-state index in [2.05, 4.69) is 5.32 Å². The number of thioether (sulfide) groups is 1. The van der Waals surface area contributed by atoms with Gasteiger partial charge in [0.25, 0.3) is 5.56 Å². The van der Waals surface area contributed by atoms with Crippen molar-refractivity contribution >= 4 is 45.2 Å². The summed E-state index contributed by atoms with van der Waals surface area (Å²) in [5, 5.41) is 4.12. The number of hydrogen-bond donors (Lipinski definition) is 1. The number of aromatic nitrogens is 2. The average molecular weight is 486 g/mol. The summed E-state index contributed by atoms with van der Waals surface area (Å²) in [4.78, 5) is 44.1. The lowest BCUT2D eigenvalue weighted by Crippen LogP contribution is -2.28. The maximum atomic E-state index is 13.5. The van der Waals surface area contributed by atoms with Crippen LogP contribution in [0.2, 0.25) is 0 Å². The van der Waals surface area contributed by atoms with Crippen LogP contribution in [-0.2, 0) is 33.7 Å². The summed E-state index contributed by atoms with van der Waals surface area (Å²) < 4.78 is 6.59. The van der Waals surface area contributed by atoms with Gasteiger partial charge in [0.05, 0.1) is 24.3 Å². The summed E-state index contributed by atoms with van der Waals surface area (Å²) >= 11 is 2.88. The second-order valence-corrected chi connectivity index (χ2v) is 9.88. The maximum Gasteiger partial charge on any atom is 0.305 e. The number of hydrogen-bond acceptors (Lipinski definition) is 7. The van der Waals surface area contributed by atoms with Crippen LogP contribution in [0, 0.1) is 0 Å². The van der Waals surface area contributed by atoms with E-state index in [9.17, 15) is 14.4 Å². The van der Waals surface area contributed by atoms with Crippen LogP contribution in [0.3, 0.4) is 0 Å². The molecule has 1 amide bonds. The molecule has 0 saturated heterocycles. The van der Waals surface area contributed by atoms with Crippen LogP contribution in [0.4, 0.5) is 0 Å². The number of nitrogens with zero attached hydrogens (tertiary/aromatic N) is 2. The van der Waals surface area contributed by atoms with Crippen molar-refractivity contribution in [2.24, 2.45) is 0 Å². The van der Waals surface area contributed by atoms with Gasteiger partial charge in [-0.15, -0.1) is 11.3 Å². The molecule has 0 spiro atoms. The minimum absolute atomic E-state index is 0.0272. The van der Waals surface area contributed by atoms with Crippen molar-refractivity contribution in [3.63, 3.8) is 0 Å². The number of thiophene rings is 1. The maximum absolute atomic E-state index is 13.5. The zero-order valence-electron chi connectivity index (χ0n) is 18.6. The first-order valence-corrected chi connectivity index (χ1v) is 13.0. The fourth-order valence-corrected chi connectivity index (χ4v) is 6.08. The smallest absolute Gasteiger partial charge is 0.305 e. The summed E-state index contributed by atoms with van der Waals surface area (Å²) in [7, 11) is 0. The average Bonchev–Trinajstić information content (AvgIpc) is 3.39. The summed E-state index contributed by atoms with van der Waals surface area (Å²) in [6.45, 7) is 2.94. The highest BCUT2D eigenvalue weighted by Crippen LogP contribution is 2.35. The van der Waals surface area contributed by atoms with E-state index in [0.717, 1.165) is 40.6 Å². The van der Waals surface area contributed by atoms with E-state index in [0.29, 0.717) is 31.3 Å². The molecule has 0 fully saturated rings. The molecule has 0 atom stereocenters. The van der Waals surface area contributed by atoms with Gasteiger partial charge in [-0.3, -0.25) is 19.0 Å². The van der Waals surface area contributed by atoms with Crippen LogP contribution in [0.15, 0.2) is 40.3 Å². The minimum atomic E-state index is -0.258. The van der Waals surface area contributed by atoms with Crippen LogP contribution in [0.5, 0.6) is 0 Å². The highest BCUT2D eigenvalue weighted by Gasteiger charge is 2.23. The van der Waals surface area contributed by atoms with Crippen LogP contribution in [0.1, 0.15) is 42.2 Å². The standard InChI is InChI=1S/C24H27N3O4S2/c1-2-31-20(29)12-7-13-25-19(28)15-32-24-26-22-21(17-10-6-11-18(17)33-22)23(30)27(24)14-16-8-4-3-5-9-16/h3-5,8-9H,2,6-7,10-15H2,1H3,(H,25,28). The van der Waals surface area contributed by atoms with Gasteiger partial charge in [0.1, 0.15) is 4.83 Å². The molecule has 1 N–H and O–H groups in total. The third-order valence-electron chi connectivity index (χ3n) is 5.49. The lowest BCUT2D eigenvalue weighted by molar-refractivity contribution is -0.143. The van der Waals surface area contributed by atoms with Gasteiger partial charge in [-0.1, -0.05) is 42.1 Å². The predicted molar refractivity (Wildman–Crippen MR) is 131 cm³/mol. The quantitative estimate of drug-likeness (QED) is 0.204. The Balaban J connectivity index is 1.49. The lowest BCUT2D eigenvalue weighted by atomic mass is 10.2. The number of benzene rings is 1. The van der Waals surface area contributed by atoms with E-state index >= 15 is 0 Å². The highest BCUT2D eigenvalue weighted by atomic mass is 32.2. The first-order chi connectivity index (χ1) is 16.1. The Morgan fingerprint density at radius 2 is 2.06 bits per heavy atom. The molecule has 0 saturated carbocycles. The molecular weight excluding hydrogens is 458 g/mol. The zero-order valence-corrected chi connectivity index (χ0v) is 20.2. The Labute approximate surface area is 200 Å². The third kappa shape index (κ3) is 5.65. The first-order valence-electron chi connectivity index (χ1n) is 11.2. The third-order valence-corrected chi connectivity index (χ3v) is 7.65. The van der Waals surface area contributed by atoms with Crippen molar-refractivity contribution in [3.05, 3.63) is 56.7 Å². The van der Waals surface area contributed by atoms with Crippen molar-refractivity contribution in [1.29, 1.82) is 0 Å². The van der Waals surface area contributed by atoms with Gasteiger partial charge in [0, 0.05) is 17.8 Å². The number of esters is 1. The Morgan fingerprint density at radius 1 is 1.24 bits per heavy atom. The molecule has 33 heavy (non-hydrogen) atoms. The number of fused-ring (bicyclic) bond motifs is 3. The number of aryl methyl sites for hydroxylation is 2. The van der Waals surface area contributed by atoms with Crippen molar-refractivity contribution in [2.45, 2.75) is 50.7 Å². The van der Waals surface area contributed by atoms with Crippen molar-refractivity contribution < 1.29 is 14.3 Å². The predicted octanol–water partition coefficient (Wildman–Crippen LogP) is 3.55. The van der Waals surface area contributed by atoms with Gasteiger partial charge in [-0.2, -0.15) is 0 Å². The molecule has 7 nitrogen and oxygen atoms in total. The fourth-order valence-electron chi connectivity index (χ4n) is 3.95. The summed E-state index contributed by atoms with van der Waals surface area (Å²) in [6, 6.07) is 9.82. The minimum Gasteiger partial charge on any atom is -0.466 e. The SMILES string of the molecule is CCOC(=O)CCCNC(=O)CSc1nc2sc3c(c2c(=O)n1Cc1ccccc1)CCC3. The van der Waals surface area contributed by atoms with E-state index in [1.165, 1.54) is 16.6 Å². The summed E-state index contributed by atoms with van der Waals surface area (Å²) in [6.07, 6.45) is 3.82. The highest BCUT2D eigenvalue weighted by molar-refractivity contribution is 7.99. The number of rotatable bonds is 10. The molecule has 0 radical (unpaired) electrons. The fraction of sp³-hybridized carbons (Fsp3) is 0.417. The molecule has 2 aromatic heterocycles. The Kier molecular flexibility index (Phi) is 7.82. The lowest BCUT2D eigenvalue weighted by Gasteiger charge is -2.13. The summed E-state index contributed by atoms with van der Waals surface area (Å²) in [5.74, 6) is -0.262. The Bertz CT molecular complexity index is 1200. The summed E-state index contributed by atoms with van der Waals surface area (Å²) in [5.41, 5.74) is 2.14. The molecule has 1 aliphatic rings. The Hall–Kier alpha value is -2.65. The molecule has 1 aromatic carbocycles. The van der Waals surface area contributed by atoms with Gasteiger partial charge in [0.2, 0.25) is 5.91 Å². The monoisotopic (exact) mass is 485 g/mol.